The highest BCUT2D eigenvalue weighted by Gasteiger charge is 2.19. The lowest BCUT2D eigenvalue weighted by molar-refractivity contribution is -0.116. The van der Waals surface area contributed by atoms with Crippen LogP contribution in [-0.4, -0.2) is 12.5 Å². The standard InChI is InChI=1S/C17H20N2OS/c1-2-8-18-17(14-7-9-21-11-14)13-3-5-15-12(10-13)4-6-16(20)19-15/h3,5,7,9-11,17-18H,2,4,6,8H2,1H3,(H,19,20). The second-order valence-electron chi connectivity index (χ2n) is 5.41. The van der Waals surface area contributed by atoms with Crippen LogP contribution in [0.5, 0.6) is 0 Å². The molecule has 2 N–H and O–H groups in total. The Bertz CT molecular complexity index is 622. The smallest absolute Gasteiger partial charge is 0.224 e. The molecule has 1 aromatic heterocycles. The van der Waals surface area contributed by atoms with Crippen molar-refractivity contribution in [3.05, 3.63) is 51.7 Å². The van der Waals surface area contributed by atoms with E-state index in [-0.39, 0.29) is 11.9 Å². The number of benzene rings is 1. The topological polar surface area (TPSA) is 41.1 Å². The summed E-state index contributed by atoms with van der Waals surface area (Å²) < 4.78 is 0. The molecule has 4 heteroatoms. The van der Waals surface area contributed by atoms with Gasteiger partial charge >= 0.3 is 0 Å². The zero-order valence-electron chi connectivity index (χ0n) is 12.2. The summed E-state index contributed by atoms with van der Waals surface area (Å²) in [4.78, 5) is 11.5. The first-order chi connectivity index (χ1) is 10.3. The lowest BCUT2D eigenvalue weighted by Crippen LogP contribution is -2.24. The molecular weight excluding hydrogens is 280 g/mol. The van der Waals surface area contributed by atoms with Crippen molar-refractivity contribution in [2.45, 2.75) is 32.2 Å². The number of hydrogen-bond acceptors (Lipinski definition) is 3. The normalized spacial score (nSPS) is 15.4. The first-order valence-electron chi connectivity index (χ1n) is 7.46. The molecule has 1 aliphatic heterocycles. The van der Waals surface area contributed by atoms with Crippen molar-refractivity contribution in [2.24, 2.45) is 0 Å². The van der Waals surface area contributed by atoms with Gasteiger partial charge in [0.1, 0.15) is 0 Å². The summed E-state index contributed by atoms with van der Waals surface area (Å²) in [6.45, 7) is 3.18. The molecule has 1 amide bonds. The Morgan fingerprint density at radius 1 is 1.29 bits per heavy atom. The molecule has 3 rings (SSSR count). The van der Waals surface area contributed by atoms with Crippen molar-refractivity contribution in [3.63, 3.8) is 0 Å². The maximum absolute atomic E-state index is 11.5. The van der Waals surface area contributed by atoms with E-state index in [1.807, 2.05) is 6.07 Å². The molecule has 2 aromatic rings. The fourth-order valence-corrected chi connectivity index (χ4v) is 3.43. The Morgan fingerprint density at radius 2 is 2.19 bits per heavy atom. The number of thiophene rings is 1. The molecule has 1 aromatic carbocycles. The van der Waals surface area contributed by atoms with Gasteiger partial charge in [-0.05, 0) is 59.0 Å². The molecule has 0 bridgehead atoms. The van der Waals surface area contributed by atoms with E-state index >= 15 is 0 Å². The number of carbonyl (C=O) groups excluding carboxylic acids is 1. The lowest BCUT2D eigenvalue weighted by atomic mass is 9.95. The fourth-order valence-electron chi connectivity index (χ4n) is 2.74. The van der Waals surface area contributed by atoms with Crippen LogP contribution >= 0.6 is 11.3 Å². The molecule has 21 heavy (non-hydrogen) atoms. The number of rotatable bonds is 5. The third kappa shape index (κ3) is 3.17. The maximum atomic E-state index is 11.5. The van der Waals surface area contributed by atoms with E-state index in [9.17, 15) is 4.79 Å². The summed E-state index contributed by atoms with van der Waals surface area (Å²) in [5.74, 6) is 0.119. The molecule has 0 aliphatic carbocycles. The van der Waals surface area contributed by atoms with E-state index in [2.05, 4.69) is 46.5 Å². The number of fused-ring (bicyclic) bond motifs is 1. The van der Waals surface area contributed by atoms with Gasteiger partial charge in [0, 0.05) is 12.1 Å². The second kappa shape index (κ2) is 6.41. The minimum Gasteiger partial charge on any atom is -0.326 e. The first kappa shape index (κ1) is 14.3. The molecule has 110 valence electrons. The highest BCUT2D eigenvalue weighted by atomic mass is 32.1. The van der Waals surface area contributed by atoms with Gasteiger partial charge in [-0.25, -0.2) is 0 Å². The van der Waals surface area contributed by atoms with Crippen LogP contribution in [0.15, 0.2) is 35.0 Å². The maximum Gasteiger partial charge on any atom is 0.224 e. The molecule has 0 spiro atoms. The lowest BCUT2D eigenvalue weighted by Gasteiger charge is -2.22. The quantitative estimate of drug-likeness (QED) is 0.883. The van der Waals surface area contributed by atoms with Gasteiger partial charge < -0.3 is 10.6 Å². The van der Waals surface area contributed by atoms with Crippen LogP contribution in [0.25, 0.3) is 0 Å². The van der Waals surface area contributed by atoms with E-state index in [4.69, 9.17) is 0 Å². The van der Waals surface area contributed by atoms with Crippen LogP contribution < -0.4 is 10.6 Å². The zero-order valence-corrected chi connectivity index (χ0v) is 13.0. The van der Waals surface area contributed by atoms with Crippen molar-refractivity contribution in [1.82, 2.24) is 5.32 Å². The molecule has 0 saturated heterocycles. The van der Waals surface area contributed by atoms with E-state index in [1.165, 1.54) is 16.7 Å². The molecule has 3 nitrogen and oxygen atoms in total. The van der Waals surface area contributed by atoms with Crippen LogP contribution in [0.3, 0.4) is 0 Å². The van der Waals surface area contributed by atoms with Gasteiger partial charge in [0.25, 0.3) is 0 Å². The minimum absolute atomic E-state index is 0.119. The molecule has 1 atom stereocenters. The summed E-state index contributed by atoms with van der Waals surface area (Å²) >= 11 is 1.73. The fraction of sp³-hybridized carbons (Fsp3) is 0.353. The second-order valence-corrected chi connectivity index (χ2v) is 6.19. The SMILES string of the molecule is CCCNC(c1ccsc1)c1ccc2c(c1)CCC(=O)N2. The Labute approximate surface area is 129 Å². The van der Waals surface area contributed by atoms with Crippen LogP contribution in [0.2, 0.25) is 0 Å². The van der Waals surface area contributed by atoms with Crippen molar-refractivity contribution in [2.75, 3.05) is 11.9 Å². The molecule has 1 aliphatic rings. The van der Waals surface area contributed by atoms with Crippen molar-refractivity contribution < 1.29 is 4.79 Å². The van der Waals surface area contributed by atoms with Gasteiger partial charge in [0.15, 0.2) is 0 Å². The third-order valence-electron chi connectivity index (χ3n) is 3.83. The Hall–Kier alpha value is -1.65. The van der Waals surface area contributed by atoms with E-state index < -0.39 is 0 Å². The van der Waals surface area contributed by atoms with Crippen molar-refractivity contribution >= 4 is 22.9 Å². The summed E-state index contributed by atoms with van der Waals surface area (Å²) in [7, 11) is 0. The Kier molecular flexibility index (Phi) is 4.36. The summed E-state index contributed by atoms with van der Waals surface area (Å²) in [5.41, 5.74) is 4.80. The highest BCUT2D eigenvalue weighted by Crippen LogP contribution is 2.29. The van der Waals surface area contributed by atoms with Crippen LogP contribution in [0.1, 0.15) is 42.5 Å². The predicted molar refractivity (Wildman–Crippen MR) is 87.8 cm³/mol. The van der Waals surface area contributed by atoms with Gasteiger partial charge in [-0.2, -0.15) is 11.3 Å². The number of carbonyl (C=O) groups is 1. The average molecular weight is 300 g/mol. The molecule has 0 fully saturated rings. The number of nitrogens with one attached hydrogen (secondary N) is 2. The van der Waals surface area contributed by atoms with E-state index in [0.717, 1.165) is 25.1 Å². The van der Waals surface area contributed by atoms with Gasteiger partial charge in [-0.3, -0.25) is 4.79 Å². The van der Waals surface area contributed by atoms with E-state index in [0.29, 0.717) is 6.42 Å². The highest BCUT2D eigenvalue weighted by molar-refractivity contribution is 7.08. The molecule has 2 heterocycles. The molecule has 0 radical (unpaired) electrons. The van der Waals surface area contributed by atoms with Crippen LogP contribution in [0.4, 0.5) is 5.69 Å². The van der Waals surface area contributed by atoms with Gasteiger partial charge in [0.05, 0.1) is 6.04 Å². The number of aryl methyl sites for hydroxylation is 1. The largest absolute Gasteiger partial charge is 0.326 e. The van der Waals surface area contributed by atoms with E-state index in [1.54, 1.807) is 11.3 Å². The summed E-state index contributed by atoms with van der Waals surface area (Å²) in [6, 6.07) is 8.81. The Balaban J connectivity index is 1.90. The number of anilines is 1. The van der Waals surface area contributed by atoms with Crippen molar-refractivity contribution in [1.29, 1.82) is 0 Å². The summed E-state index contributed by atoms with van der Waals surface area (Å²) in [5, 5.41) is 10.9. The monoisotopic (exact) mass is 300 g/mol. The third-order valence-corrected chi connectivity index (χ3v) is 4.53. The van der Waals surface area contributed by atoms with Crippen LogP contribution in [-0.2, 0) is 11.2 Å². The van der Waals surface area contributed by atoms with Crippen molar-refractivity contribution in [3.8, 4) is 0 Å². The predicted octanol–water partition coefficient (Wildman–Crippen LogP) is 3.72. The number of amides is 1. The first-order valence-corrected chi connectivity index (χ1v) is 8.40. The summed E-state index contributed by atoms with van der Waals surface area (Å²) in [6.07, 6.45) is 2.53. The van der Waals surface area contributed by atoms with Gasteiger partial charge in [-0.15, -0.1) is 0 Å². The minimum atomic E-state index is 0.119. The molecule has 0 saturated carbocycles. The molecule has 1 unspecified atom stereocenters. The molecular formula is C17H20N2OS. The number of hydrogen-bond donors (Lipinski definition) is 2. The van der Waals surface area contributed by atoms with Gasteiger partial charge in [-0.1, -0.05) is 19.1 Å². The van der Waals surface area contributed by atoms with Gasteiger partial charge in [0.2, 0.25) is 5.91 Å². The van der Waals surface area contributed by atoms with Crippen LogP contribution in [0, 0.1) is 0 Å². The average Bonchev–Trinajstić information content (AvgIpc) is 3.02. The Morgan fingerprint density at radius 3 is 2.95 bits per heavy atom. The zero-order chi connectivity index (χ0) is 14.7.